The van der Waals surface area contributed by atoms with Gasteiger partial charge in [-0.1, -0.05) is 93.5 Å². The highest BCUT2D eigenvalue weighted by atomic mass is 35.5. The predicted octanol–water partition coefficient (Wildman–Crippen LogP) is 6.47. The van der Waals surface area contributed by atoms with Crippen molar-refractivity contribution in [2.75, 3.05) is 18.0 Å². The number of benzene rings is 2. The van der Waals surface area contributed by atoms with Gasteiger partial charge in [0.1, 0.15) is 11.7 Å². The third kappa shape index (κ3) is 5.13. The summed E-state index contributed by atoms with van der Waals surface area (Å²) in [6.07, 6.45) is 14.1. The molecule has 0 aromatic heterocycles. The quantitative estimate of drug-likeness (QED) is 0.545. The van der Waals surface area contributed by atoms with Gasteiger partial charge in [0.2, 0.25) is 5.91 Å². The first kappa shape index (κ1) is 25.1. The van der Waals surface area contributed by atoms with Crippen LogP contribution in [0.1, 0.15) is 82.4 Å². The molecule has 1 amide bonds. The zero-order valence-electron chi connectivity index (χ0n) is 20.3. The molecule has 0 bridgehead atoms. The lowest BCUT2D eigenvalue weighted by Crippen LogP contribution is -2.58. The maximum Gasteiger partial charge on any atom is 0.247 e. The van der Waals surface area contributed by atoms with Crippen LogP contribution >= 0.6 is 12.4 Å². The first-order valence-electron chi connectivity index (χ1n) is 13.2. The van der Waals surface area contributed by atoms with Gasteiger partial charge in [-0.15, -0.1) is 12.4 Å². The molecule has 1 spiro atoms. The minimum atomic E-state index is -0.464. The number of anilines is 1. The summed E-state index contributed by atoms with van der Waals surface area (Å²) in [5.74, 6) is 0.200. The first-order chi connectivity index (χ1) is 16.3. The van der Waals surface area contributed by atoms with Gasteiger partial charge < -0.3 is 15.1 Å². The fourth-order valence-electron chi connectivity index (χ4n) is 6.41. The van der Waals surface area contributed by atoms with Crippen molar-refractivity contribution in [1.82, 2.24) is 10.2 Å². The van der Waals surface area contributed by atoms with E-state index < -0.39 is 5.54 Å². The lowest BCUT2D eigenvalue weighted by Gasteiger charge is -2.47. The van der Waals surface area contributed by atoms with E-state index in [9.17, 15) is 4.79 Å². The third-order valence-corrected chi connectivity index (χ3v) is 8.28. The van der Waals surface area contributed by atoms with E-state index in [0.717, 1.165) is 37.2 Å². The summed E-state index contributed by atoms with van der Waals surface area (Å²) in [6, 6.07) is 21.7. The number of likely N-dealkylation sites (tertiary alicyclic amines) is 1. The van der Waals surface area contributed by atoms with Crippen LogP contribution in [0.3, 0.4) is 0 Å². The maximum absolute atomic E-state index is 13.6. The van der Waals surface area contributed by atoms with Crippen LogP contribution in [0.2, 0.25) is 0 Å². The molecule has 5 heteroatoms. The smallest absolute Gasteiger partial charge is 0.247 e. The number of nitrogens with one attached hydrogen (secondary N) is 1. The average molecular weight is 482 g/mol. The molecular formula is C29H40ClN3O. The van der Waals surface area contributed by atoms with Gasteiger partial charge in [0, 0.05) is 24.8 Å². The standard InChI is InChI=1S/C29H39N3O.ClH/c33-28-29(20-22-31(23-21-29)25-16-10-4-2-1-3-5-11-17-25)32(26-18-12-7-13-19-26)27(30-28)24-14-8-6-9-15-24;/h6-9,12-15,18-19,25,27H,1-5,10-11,16-17,20-23H2,(H,30,33);1H/t27-;/m1./s1. The highest BCUT2D eigenvalue weighted by molar-refractivity contribution is 5.94. The second kappa shape index (κ2) is 11.6. The van der Waals surface area contributed by atoms with E-state index in [2.05, 4.69) is 69.7 Å². The Morgan fingerprint density at radius 3 is 1.85 bits per heavy atom. The number of piperidine rings is 1. The van der Waals surface area contributed by atoms with Gasteiger partial charge in [-0.3, -0.25) is 4.79 Å². The van der Waals surface area contributed by atoms with Crippen LogP contribution in [0.4, 0.5) is 5.69 Å². The van der Waals surface area contributed by atoms with E-state index in [-0.39, 0.29) is 24.5 Å². The van der Waals surface area contributed by atoms with Gasteiger partial charge in [-0.2, -0.15) is 0 Å². The molecule has 2 saturated heterocycles. The van der Waals surface area contributed by atoms with Gasteiger partial charge in [0.15, 0.2) is 0 Å². The molecule has 1 saturated carbocycles. The van der Waals surface area contributed by atoms with E-state index in [1.165, 1.54) is 57.8 Å². The molecule has 5 rings (SSSR count). The molecule has 1 aliphatic carbocycles. The summed E-state index contributed by atoms with van der Waals surface area (Å²) in [6.45, 7) is 2.03. The number of nitrogens with zero attached hydrogens (tertiary/aromatic N) is 2. The number of para-hydroxylation sites is 1. The SMILES string of the molecule is Cl.O=C1N[C@@H](c2ccccc2)N(c2ccccc2)C12CCN(C1CCCCCCCCC1)CC2. The lowest BCUT2D eigenvalue weighted by atomic mass is 9.84. The van der Waals surface area contributed by atoms with Crippen LogP contribution in [-0.2, 0) is 4.79 Å². The average Bonchev–Trinajstić information content (AvgIpc) is 3.15. The van der Waals surface area contributed by atoms with E-state index in [0.29, 0.717) is 6.04 Å². The summed E-state index contributed by atoms with van der Waals surface area (Å²) in [5, 5.41) is 3.38. The molecule has 4 nitrogen and oxygen atoms in total. The Hall–Kier alpha value is -2.04. The van der Waals surface area contributed by atoms with Crippen LogP contribution in [0.25, 0.3) is 0 Å². The van der Waals surface area contributed by atoms with Crippen molar-refractivity contribution in [2.45, 2.75) is 88.4 Å². The summed E-state index contributed by atoms with van der Waals surface area (Å²) in [5.41, 5.74) is 1.83. The van der Waals surface area contributed by atoms with Crippen molar-refractivity contribution in [2.24, 2.45) is 0 Å². The van der Waals surface area contributed by atoms with Crippen molar-refractivity contribution < 1.29 is 4.79 Å². The lowest BCUT2D eigenvalue weighted by molar-refractivity contribution is -0.125. The zero-order chi connectivity index (χ0) is 22.5. The molecule has 2 heterocycles. The van der Waals surface area contributed by atoms with Gasteiger partial charge in [-0.05, 0) is 43.4 Å². The minimum Gasteiger partial charge on any atom is -0.332 e. The fourth-order valence-corrected chi connectivity index (χ4v) is 6.41. The van der Waals surface area contributed by atoms with Gasteiger partial charge >= 0.3 is 0 Å². The molecule has 0 radical (unpaired) electrons. The Kier molecular flexibility index (Phi) is 8.55. The van der Waals surface area contributed by atoms with Crippen molar-refractivity contribution >= 4 is 24.0 Å². The molecule has 3 aliphatic rings. The second-order valence-corrected chi connectivity index (χ2v) is 10.3. The minimum absolute atomic E-state index is 0. The van der Waals surface area contributed by atoms with Gasteiger partial charge in [0.25, 0.3) is 0 Å². The largest absolute Gasteiger partial charge is 0.332 e. The van der Waals surface area contributed by atoms with Crippen molar-refractivity contribution in [3.05, 3.63) is 66.2 Å². The van der Waals surface area contributed by atoms with E-state index >= 15 is 0 Å². The number of rotatable bonds is 3. The summed E-state index contributed by atoms with van der Waals surface area (Å²) in [7, 11) is 0. The molecule has 2 aliphatic heterocycles. The fraction of sp³-hybridized carbons (Fsp3) is 0.552. The Balaban J connectivity index is 0.00000274. The first-order valence-corrected chi connectivity index (χ1v) is 13.2. The van der Waals surface area contributed by atoms with Crippen LogP contribution < -0.4 is 10.2 Å². The molecule has 34 heavy (non-hydrogen) atoms. The molecule has 3 fully saturated rings. The van der Waals surface area contributed by atoms with Crippen LogP contribution in [0.5, 0.6) is 0 Å². The second-order valence-electron chi connectivity index (χ2n) is 10.3. The molecule has 184 valence electrons. The number of carbonyl (C=O) groups is 1. The molecule has 2 aromatic carbocycles. The molecular weight excluding hydrogens is 442 g/mol. The Bertz CT molecular complexity index is 888. The molecule has 2 aromatic rings. The Morgan fingerprint density at radius 1 is 0.735 bits per heavy atom. The van der Waals surface area contributed by atoms with Crippen molar-refractivity contribution in [1.29, 1.82) is 0 Å². The predicted molar refractivity (Wildman–Crippen MR) is 142 cm³/mol. The number of carbonyl (C=O) groups excluding carboxylic acids is 1. The number of amides is 1. The van der Waals surface area contributed by atoms with Crippen LogP contribution in [0, 0.1) is 0 Å². The maximum atomic E-state index is 13.6. The van der Waals surface area contributed by atoms with E-state index in [1.807, 2.05) is 6.07 Å². The summed E-state index contributed by atoms with van der Waals surface area (Å²) < 4.78 is 0. The van der Waals surface area contributed by atoms with Gasteiger partial charge in [-0.25, -0.2) is 0 Å². The highest BCUT2D eigenvalue weighted by Gasteiger charge is 2.55. The number of hydrogen-bond acceptors (Lipinski definition) is 3. The summed E-state index contributed by atoms with van der Waals surface area (Å²) >= 11 is 0. The van der Waals surface area contributed by atoms with Gasteiger partial charge in [0.05, 0.1) is 0 Å². The summed E-state index contributed by atoms with van der Waals surface area (Å²) in [4.78, 5) is 18.7. The Morgan fingerprint density at radius 2 is 1.26 bits per heavy atom. The van der Waals surface area contributed by atoms with E-state index in [4.69, 9.17) is 0 Å². The van der Waals surface area contributed by atoms with Crippen molar-refractivity contribution in [3.63, 3.8) is 0 Å². The number of hydrogen-bond donors (Lipinski definition) is 1. The van der Waals surface area contributed by atoms with Crippen LogP contribution in [0.15, 0.2) is 60.7 Å². The topological polar surface area (TPSA) is 35.6 Å². The highest BCUT2D eigenvalue weighted by Crippen LogP contribution is 2.44. The molecule has 0 unspecified atom stereocenters. The monoisotopic (exact) mass is 481 g/mol. The molecule has 1 N–H and O–H groups in total. The Labute approximate surface area is 211 Å². The molecule has 1 atom stereocenters. The third-order valence-electron chi connectivity index (χ3n) is 8.28. The van der Waals surface area contributed by atoms with E-state index in [1.54, 1.807) is 0 Å². The number of halogens is 1. The normalized spacial score (nSPS) is 24.4. The van der Waals surface area contributed by atoms with Crippen molar-refractivity contribution in [3.8, 4) is 0 Å². The zero-order valence-corrected chi connectivity index (χ0v) is 21.1. The van der Waals surface area contributed by atoms with Crippen LogP contribution in [-0.4, -0.2) is 35.5 Å².